The molecular formula is C8H10N2O2S. The Morgan fingerprint density at radius 2 is 2.62 bits per heavy atom. The number of pyridine rings is 1. The Hall–Kier alpha value is -1.23. The average Bonchev–Trinajstić information content (AvgIpc) is 2.15. The van der Waals surface area contributed by atoms with Crippen molar-refractivity contribution in [3.05, 3.63) is 18.3 Å². The molecule has 0 aliphatic rings. The third-order valence-electron chi connectivity index (χ3n) is 1.23. The smallest absolute Gasteiger partial charge is 0.147 e. The Morgan fingerprint density at radius 1 is 1.77 bits per heavy atom. The topological polar surface area (TPSA) is 54.7 Å². The van der Waals surface area contributed by atoms with Crippen LogP contribution in [0.4, 0.5) is 0 Å². The van der Waals surface area contributed by atoms with Gasteiger partial charge in [-0.1, -0.05) is 16.9 Å². The predicted molar refractivity (Wildman–Crippen MR) is 52.1 cm³/mol. The quantitative estimate of drug-likeness (QED) is 0.452. The fraction of sp³-hybridized carbons (Fsp3) is 0.250. The molecule has 4 nitrogen and oxygen atoms in total. The Labute approximate surface area is 80.6 Å². The Morgan fingerprint density at radius 3 is 3.31 bits per heavy atom. The molecule has 0 unspecified atom stereocenters. The van der Waals surface area contributed by atoms with Crippen molar-refractivity contribution in [1.82, 2.24) is 4.98 Å². The summed E-state index contributed by atoms with van der Waals surface area (Å²) in [5.74, 6) is 0.816. The molecule has 0 amide bonds. The SMILES string of the molecule is CO/N=C/CSc1ncccc1O. The standard InChI is InChI=1S/C8H10N2O2S/c1-12-10-5-6-13-8-7(11)3-2-4-9-8/h2-5,11H,6H2,1H3/b10-5+. The largest absolute Gasteiger partial charge is 0.505 e. The summed E-state index contributed by atoms with van der Waals surface area (Å²) in [6.07, 6.45) is 3.24. The summed E-state index contributed by atoms with van der Waals surface area (Å²) in [4.78, 5) is 8.47. The van der Waals surface area contributed by atoms with Gasteiger partial charge in [0.2, 0.25) is 0 Å². The van der Waals surface area contributed by atoms with Crippen molar-refractivity contribution < 1.29 is 9.94 Å². The fourth-order valence-electron chi connectivity index (χ4n) is 0.715. The molecule has 1 N–H and O–H groups in total. The third kappa shape index (κ3) is 3.33. The maximum atomic E-state index is 9.31. The number of aromatic nitrogens is 1. The van der Waals surface area contributed by atoms with Crippen molar-refractivity contribution in [2.24, 2.45) is 5.16 Å². The van der Waals surface area contributed by atoms with Crippen LogP contribution in [0.2, 0.25) is 0 Å². The van der Waals surface area contributed by atoms with Crippen LogP contribution in [0, 0.1) is 0 Å². The van der Waals surface area contributed by atoms with Gasteiger partial charge in [-0.25, -0.2) is 4.98 Å². The van der Waals surface area contributed by atoms with E-state index in [1.165, 1.54) is 18.9 Å². The molecule has 5 heteroatoms. The second-order valence-corrected chi connectivity index (χ2v) is 3.12. The molecule has 0 spiro atoms. The van der Waals surface area contributed by atoms with E-state index in [2.05, 4.69) is 15.0 Å². The number of rotatable bonds is 4. The van der Waals surface area contributed by atoms with E-state index in [0.717, 1.165) is 0 Å². The number of oxime groups is 1. The molecular weight excluding hydrogens is 188 g/mol. The lowest BCUT2D eigenvalue weighted by atomic mass is 10.5. The van der Waals surface area contributed by atoms with Crippen LogP contribution in [0.25, 0.3) is 0 Å². The highest BCUT2D eigenvalue weighted by Crippen LogP contribution is 2.23. The van der Waals surface area contributed by atoms with E-state index in [0.29, 0.717) is 10.8 Å². The van der Waals surface area contributed by atoms with E-state index in [4.69, 9.17) is 0 Å². The third-order valence-corrected chi connectivity index (χ3v) is 2.13. The van der Waals surface area contributed by atoms with Crippen molar-refractivity contribution in [1.29, 1.82) is 0 Å². The zero-order chi connectivity index (χ0) is 9.52. The highest BCUT2D eigenvalue weighted by Gasteiger charge is 1.99. The van der Waals surface area contributed by atoms with Gasteiger partial charge in [-0.3, -0.25) is 0 Å². The van der Waals surface area contributed by atoms with Crippen molar-refractivity contribution in [3.63, 3.8) is 0 Å². The van der Waals surface area contributed by atoms with Gasteiger partial charge < -0.3 is 9.94 Å². The first kappa shape index (κ1) is 9.85. The van der Waals surface area contributed by atoms with Gasteiger partial charge in [-0.15, -0.1) is 0 Å². The predicted octanol–water partition coefficient (Wildman–Crippen LogP) is 1.51. The van der Waals surface area contributed by atoms with Crippen molar-refractivity contribution in [3.8, 4) is 5.75 Å². The van der Waals surface area contributed by atoms with Crippen LogP contribution in [-0.2, 0) is 4.84 Å². The summed E-state index contributed by atoms with van der Waals surface area (Å²) in [6, 6.07) is 3.28. The minimum Gasteiger partial charge on any atom is -0.505 e. The number of aromatic hydroxyl groups is 1. The molecule has 0 bridgehead atoms. The molecule has 1 aromatic heterocycles. The molecule has 1 aromatic rings. The van der Waals surface area contributed by atoms with Crippen molar-refractivity contribution >= 4 is 18.0 Å². The minimum absolute atomic E-state index is 0.193. The molecule has 0 aliphatic heterocycles. The Balaban J connectivity index is 2.45. The van der Waals surface area contributed by atoms with E-state index in [1.54, 1.807) is 24.5 Å². The maximum absolute atomic E-state index is 9.31. The van der Waals surface area contributed by atoms with E-state index < -0.39 is 0 Å². The van der Waals surface area contributed by atoms with E-state index in [-0.39, 0.29) is 5.75 Å². The Kier molecular flexibility index (Phi) is 4.11. The second kappa shape index (κ2) is 5.42. The molecule has 0 radical (unpaired) electrons. The van der Waals surface area contributed by atoms with Crippen LogP contribution in [0.1, 0.15) is 0 Å². The van der Waals surface area contributed by atoms with Crippen molar-refractivity contribution in [2.75, 3.05) is 12.9 Å². The first-order chi connectivity index (χ1) is 6.34. The summed E-state index contributed by atoms with van der Waals surface area (Å²) < 4.78 is 0. The van der Waals surface area contributed by atoms with Gasteiger partial charge in [-0.05, 0) is 12.1 Å². The van der Waals surface area contributed by atoms with E-state index in [9.17, 15) is 5.11 Å². The summed E-state index contributed by atoms with van der Waals surface area (Å²) in [5.41, 5.74) is 0. The average molecular weight is 198 g/mol. The minimum atomic E-state index is 0.193. The molecule has 70 valence electrons. The molecule has 0 aliphatic carbocycles. The zero-order valence-electron chi connectivity index (χ0n) is 7.17. The van der Waals surface area contributed by atoms with Gasteiger partial charge in [0.05, 0.1) is 6.21 Å². The van der Waals surface area contributed by atoms with Gasteiger partial charge >= 0.3 is 0 Å². The molecule has 1 rings (SSSR count). The van der Waals surface area contributed by atoms with Gasteiger partial charge in [0.15, 0.2) is 0 Å². The van der Waals surface area contributed by atoms with Gasteiger partial charge in [0, 0.05) is 11.9 Å². The molecule has 0 aromatic carbocycles. The van der Waals surface area contributed by atoms with Crippen LogP contribution in [0.5, 0.6) is 5.75 Å². The number of thioether (sulfide) groups is 1. The number of hydrogen-bond acceptors (Lipinski definition) is 5. The lowest BCUT2D eigenvalue weighted by Gasteiger charge is -1.98. The van der Waals surface area contributed by atoms with Crippen LogP contribution in [-0.4, -0.2) is 29.2 Å². The molecule has 0 fully saturated rings. The summed E-state index contributed by atoms with van der Waals surface area (Å²) in [7, 11) is 1.49. The van der Waals surface area contributed by atoms with Crippen LogP contribution in [0.15, 0.2) is 28.5 Å². The number of hydrogen-bond donors (Lipinski definition) is 1. The first-order valence-corrected chi connectivity index (χ1v) is 4.65. The van der Waals surface area contributed by atoms with Gasteiger partial charge in [-0.2, -0.15) is 0 Å². The molecule has 0 atom stereocenters. The van der Waals surface area contributed by atoms with Crippen LogP contribution in [0.3, 0.4) is 0 Å². The lowest BCUT2D eigenvalue weighted by molar-refractivity contribution is 0.215. The van der Waals surface area contributed by atoms with E-state index in [1.807, 2.05) is 0 Å². The maximum Gasteiger partial charge on any atom is 0.147 e. The highest BCUT2D eigenvalue weighted by molar-refractivity contribution is 7.99. The fourth-order valence-corrected chi connectivity index (χ4v) is 1.36. The van der Waals surface area contributed by atoms with E-state index >= 15 is 0 Å². The molecule has 1 heterocycles. The highest BCUT2D eigenvalue weighted by atomic mass is 32.2. The first-order valence-electron chi connectivity index (χ1n) is 3.66. The molecule has 0 saturated carbocycles. The van der Waals surface area contributed by atoms with Crippen molar-refractivity contribution in [2.45, 2.75) is 5.03 Å². The van der Waals surface area contributed by atoms with Gasteiger partial charge in [0.25, 0.3) is 0 Å². The molecule has 0 saturated heterocycles. The molecule has 13 heavy (non-hydrogen) atoms. The lowest BCUT2D eigenvalue weighted by Crippen LogP contribution is -1.84. The zero-order valence-corrected chi connectivity index (χ0v) is 7.99. The Bertz CT molecular complexity index is 291. The van der Waals surface area contributed by atoms with Crippen LogP contribution >= 0.6 is 11.8 Å². The summed E-state index contributed by atoms with van der Waals surface area (Å²) >= 11 is 1.40. The van der Waals surface area contributed by atoms with Gasteiger partial charge in [0.1, 0.15) is 17.9 Å². The monoisotopic (exact) mass is 198 g/mol. The summed E-state index contributed by atoms with van der Waals surface area (Å²) in [5, 5.41) is 13.5. The summed E-state index contributed by atoms with van der Waals surface area (Å²) in [6.45, 7) is 0. The second-order valence-electron chi connectivity index (χ2n) is 2.11. The number of nitrogens with zero attached hydrogens (tertiary/aromatic N) is 2. The normalized spacial score (nSPS) is 10.5. The van der Waals surface area contributed by atoms with Crippen LogP contribution < -0.4 is 0 Å².